The Bertz CT molecular complexity index is 552. The number of benzene rings is 1. The Morgan fingerprint density at radius 2 is 1.95 bits per heavy atom. The lowest BCUT2D eigenvalue weighted by Crippen LogP contribution is -2.35. The third kappa shape index (κ3) is 3.90. The Labute approximate surface area is 121 Å². The summed E-state index contributed by atoms with van der Waals surface area (Å²) in [5.74, 6) is 0. The second-order valence-corrected chi connectivity index (χ2v) is 6.14. The van der Waals surface area contributed by atoms with Gasteiger partial charge in [-0.25, -0.2) is 4.68 Å². The Hall–Kier alpha value is -1.68. The molecule has 4 nitrogen and oxygen atoms in total. The topological polar surface area (TPSA) is 42.7 Å². The van der Waals surface area contributed by atoms with Crippen LogP contribution in [0.2, 0.25) is 0 Å². The number of nitrogens with zero attached hydrogens (tertiary/aromatic N) is 3. The van der Waals surface area contributed by atoms with Crippen molar-refractivity contribution >= 4 is 0 Å². The van der Waals surface area contributed by atoms with Gasteiger partial charge >= 0.3 is 0 Å². The lowest BCUT2D eigenvalue weighted by Gasteiger charge is -2.19. The molecule has 1 aromatic heterocycles. The normalized spacial score (nSPS) is 11.8. The van der Waals surface area contributed by atoms with E-state index in [4.69, 9.17) is 0 Å². The van der Waals surface area contributed by atoms with Crippen molar-refractivity contribution in [1.29, 1.82) is 0 Å². The maximum absolute atomic E-state index is 4.26. The van der Waals surface area contributed by atoms with Crippen LogP contribution in [0.25, 0.3) is 5.69 Å². The van der Waals surface area contributed by atoms with Gasteiger partial charge in [-0.2, -0.15) is 0 Å². The molecular weight excluding hydrogens is 248 g/mol. The molecule has 1 heterocycles. The van der Waals surface area contributed by atoms with Gasteiger partial charge in [0.15, 0.2) is 0 Å². The van der Waals surface area contributed by atoms with Gasteiger partial charge in [-0.15, -0.1) is 5.10 Å². The summed E-state index contributed by atoms with van der Waals surface area (Å²) in [5, 5.41) is 11.9. The number of nitrogens with one attached hydrogen (secondary N) is 1. The van der Waals surface area contributed by atoms with Gasteiger partial charge in [0.1, 0.15) is 0 Å². The van der Waals surface area contributed by atoms with Gasteiger partial charge in [0.25, 0.3) is 0 Å². The van der Waals surface area contributed by atoms with Gasteiger partial charge in [-0.1, -0.05) is 36.8 Å². The van der Waals surface area contributed by atoms with Crippen LogP contribution in [0.3, 0.4) is 0 Å². The van der Waals surface area contributed by atoms with Gasteiger partial charge in [-0.05, 0) is 38.8 Å². The Kier molecular flexibility index (Phi) is 4.55. The third-order valence-electron chi connectivity index (χ3n) is 3.10. The van der Waals surface area contributed by atoms with Gasteiger partial charge in [0, 0.05) is 12.1 Å². The van der Waals surface area contributed by atoms with E-state index in [0.29, 0.717) is 0 Å². The number of para-hydroxylation sites is 1. The van der Waals surface area contributed by atoms with Gasteiger partial charge in [0.05, 0.1) is 17.6 Å². The van der Waals surface area contributed by atoms with Crippen molar-refractivity contribution in [3.8, 4) is 5.69 Å². The van der Waals surface area contributed by atoms with Crippen LogP contribution in [0, 0.1) is 0 Å². The highest BCUT2D eigenvalue weighted by molar-refractivity contribution is 5.40. The molecule has 0 bridgehead atoms. The van der Waals surface area contributed by atoms with Crippen molar-refractivity contribution in [2.75, 3.05) is 0 Å². The van der Waals surface area contributed by atoms with Gasteiger partial charge < -0.3 is 5.32 Å². The zero-order valence-electron chi connectivity index (χ0n) is 12.8. The van der Waals surface area contributed by atoms with E-state index >= 15 is 0 Å². The smallest absolute Gasteiger partial charge is 0.0969 e. The number of aromatic nitrogens is 3. The first-order chi connectivity index (χ1) is 9.49. The monoisotopic (exact) mass is 272 g/mol. The van der Waals surface area contributed by atoms with E-state index in [0.717, 1.165) is 30.8 Å². The Morgan fingerprint density at radius 3 is 2.65 bits per heavy atom. The van der Waals surface area contributed by atoms with Crippen molar-refractivity contribution in [1.82, 2.24) is 20.3 Å². The van der Waals surface area contributed by atoms with Crippen LogP contribution in [0.1, 0.15) is 45.4 Å². The molecule has 20 heavy (non-hydrogen) atoms. The van der Waals surface area contributed by atoms with Crippen LogP contribution < -0.4 is 5.32 Å². The molecule has 2 rings (SSSR count). The molecule has 0 saturated heterocycles. The predicted octanol–water partition coefficient (Wildman–Crippen LogP) is 3.11. The molecule has 0 spiro atoms. The highest BCUT2D eigenvalue weighted by Gasteiger charge is 2.11. The molecule has 0 unspecified atom stereocenters. The molecule has 1 aromatic carbocycles. The molecule has 0 aliphatic heterocycles. The van der Waals surface area contributed by atoms with E-state index in [2.05, 4.69) is 61.5 Å². The van der Waals surface area contributed by atoms with Crippen molar-refractivity contribution in [3.63, 3.8) is 0 Å². The van der Waals surface area contributed by atoms with Crippen LogP contribution in [-0.4, -0.2) is 20.5 Å². The minimum atomic E-state index is 0.0872. The molecule has 108 valence electrons. The first-order valence-electron chi connectivity index (χ1n) is 7.24. The zero-order valence-corrected chi connectivity index (χ0v) is 12.8. The fraction of sp³-hybridized carbons (Fsp3) is 0.500. The second kappa shape index (κ2) is 6.18. The fourth-order valence-corrected chi connectivity index (χ4v) is 2.07. The van der Waals surface area contributed by atoms with Crippen LogP contribution in [-0.2, 0) is 13.0 Å². The summed E-state index contributed by atoms with van der Waals surface area (Å²) in [4.78, 5) is 0. The standard InChI is InChI=1S/C16H24N4/c1-5-8-13-9-6-7-10-15(13)20-12-14(18-19-20)11-17-16(2,3)4/h6-7,9-10,12,17H,5,8,11H2,1-4H3. The van der Waals surface area contributed by atoms with E-state index in [1.807, 2.05) is 16.9 Å². The highest BCUT2D eigenvalue weighted by Crippen LogP contribution is 2.15. The molecule has 0 aliphatic carbocycles. The molecule has 0 amide bonds. The summed E-state index contributed by atoms with van der Waals surface area (Å²) in [6.45, 7) is 9.37. The average Bonchev–Trinajstić information content (AvgIpc) is 2.85. The third-order valence-corrected chi connectivity index (χ3v) is 3.10. The predicted molar refractivity (Wildman–Crippen MR) is 81.9 cm³/mol. The zero-order chi connectivity index (χ0) is 14.6. The largest absolute Gasteiger partial charge is 0.306 e. The highest BCUT2D eigenvalue weighted by atomic mass is 15.4. The number of rotatable bonds is 5. The van der Waals surface area contributed by atoms with Crippen molar-refractivity contribution in [3.05, 3.63) is 41.7 Å². The maximum Gasteiger partial charge on any atom is 0.0969 e. The molecule has 0 fully saturated rings. The average molecular weight is 272 g/mol. The van der Waals surface area contributed by atoms with E-state index < -0.39 is 0 Å². The maximum atomic E-state index is 4.26. The quantitative estimate of drug-likeness (QED) is 0.909. The van der Waals surface area contributed by atoms with E-state index in [1.165, 1.54) is 5.56 Å². The molecule has 4 heteroatoms. The summed E-state index contributed by atoms with van der Waals surface area (Å²) in [7, 11) is 0. The fourth-order valence-electron chi connectivity index (χ4n) is 2.07. The van der Waals surface area contributed by atoms with Crippen LogP contribution >= 0.6 is 0 Å². The number of hydrogen-bond acceptors (Lipinski definition) is 3. The van der Waals surface area contributed by atoms with Crippen molar-refractivity contribution in [2.24, 2.45) is 0 Å². The molecular formula is C16H24N4. The lowest BCUT2D eigenvalue weighted by molar-refractivity contribution is 0.421. The molecule has 2 aromatic rings. The first-order valence-corrected chi connectivity index (χ1v) is 7.24. The van der Waals surface area contributed by atoms with E-state index in [-0.39, 0.29) is 5.54 Å². The molecule has 0 atom stereocenters. The SMILES string of the molecule is CCCc1ccccc1-n1cc(CNC(C)(C)C)nn1. The van der Waals surface area contributed by atoms with E-state index in [1.54, 1.807) is 0 Å². The lowest BCUT2D eigenvalue weighted by atomic mass is 10.1. The molecule has 0 aliphatic rings. The van der Waals surface area contributed by atoms with Crippen molar-refractivity contribution in [2.45, 2.75) is 52.6 Å². The van der Waals surface area contributed by atoms with Crippen LogP contribution in [0.5, 0.6) is 0 Å². The van der Waals surface area contributed by atoms with Gasteiger partial charge in [0.2, 0.25) is 0 Å². The minimum Gasteiger partial charge on any atom is -0.306 e. The summed E-state index contributed by atoms with van der Waals surface area (Å²) in [6.07, 6.45) is 4.20. The Balaban J connectivity index is 2.16. The molecule has 0 saturated carbocycles. The van der Waals surface area contributed by atoms with E-state index in [9.17, 15) is 0 Å². The number of hydrogen-bond donors (Lipinski definition) is 1. The van der Waals surface area contributed by atoms with Crippen LogP contribution in [0.4, 0.5) is 0 Å². The van der Waals surface area contributed by atoms with Crippen LogP contribution in [0.15, 0.2) is 30.5 Å². The summed E-state index contributed by atoms with van der Waals surface area (Å²) in [5.41, 5.74) is 3.49. The summed E-state index contributed by atoms with van der Waals surface area (Å²) >= 11 is 0. The molecule has 0 radical (unpaired) electrons. The Morgan fingerprint density at radius 1 is 1.20 bits per heavy atom. The first kappa shape index (κ1) is 14.7. The second-order valence-electron chi connectivity index (χ2n) is 6.14. The minimum absolute atomic E-state index is 0.0872. The number of aryl methyl sites for hydroxylation is 1. The van der Waals surface area contributed by atoms with Crippen molar-refractivity contribution < 1.29 is 0 Å². The summed E-state index contributed by atoms with van der Waals surface area (Å²) in [6, 6.07) is 8.38. The summed E-state index contributed by atoms with van der Waals surface area (Å²) < 4.78 is 1.88. The molecule has 1 N–H and O–H groups in total. The van der Waals surface area contributed by atoms with Gasteiger partial charge in [-0.3, -0.25) is 0 Å².